The van der Waals surface area contributed by atoms with Gasteiger partial charge in [0.15, 0.2) is 0 Å². The molecule has 6 nitrogen and oxygen atoms in total. The van der Waals surface area contributed by atoms with Gasteiger partial charge in [0, 0.05) is 0 Å². The van der Waals surface area contributed by atoms with Gasteiger partial charge >= 0.3 is 13.1 Å². The third kappa shape index (κ3) is 10.3. The molecule has 0 radical (unpaired) electrons. The number of carboxylic acids is 1. The zero-order valence-electron chi connectivity index (χ0n) is 10.7. The number of hydrogen-bond donors (Lipinski definition) is 5. The highest BCUT2D eigenvalue weighted by Crippen LogP contribution is 2.29. The average Bonchev–Trinajstić information content (AvgIpc) is 2.81. The fourth-order valence-corrected chi connectivity index (χ4v) is 1.51. The molecule has 1 aliphatic rings. The number of carbonyl (C=O) groups is 1. The van der Waals surface area contributed by atoms with Crippen molar-refractivity contribution in [3.63, 3.8) is 0 Å². The van der Waals surface area contributed by atoms with Crippen LogP contribution in [0.15, 0.2) is 0 Å². The smallest absolute Gasteiger partial charge is 0.451 e. The van der Waals surface area contributed by atoms with E-state index in [0.29, 0.717) is 18.8 Å². The molecular formula is C10H25BN2O4. The average molecular weight is 248 g/mol. The summed E-state index contributed by atoms with van der Waals surface area (Å²) in [6, 6.07) is 0. The van der Waals surface area contributed by atoms with Gasteiger partial charge in [0.25, 0.3) is 0 Å². The van der Waals surface area contributed by atoms with E-state index in [9.17, 15) is 4.79 Å². The first kappa shape index (κ1) is 18.7. The Bertz CT molecular complexity index is 193. The summed E-state index contributed by atoms with van der Waals surface area (Å²) < 4.78 is 0. The predicted octanol–water partition coefficient (Wildman–Crippen LogP) is -0.500. The van der Waals surface area contributed by atoms with Gasteiger partial charge in [0.05, 0.1) is 5.92 Å². The van der Waals surface area contributed by atoms with Gasteiger partial charge in [-0.2, -0.15) is 0 Å². The van der Waals surface area contributed by atoms with Gasteiger partial charge in [0.1, 0.15) is 0 Å². The second-order valence-electron chi connectivity index (χ2n) is 3.84. The summed E-state index contributed by atoms with van der Waals surface area (Å²) in [6.45, 7) is 2.34. The standard InChI is InChI=1S/C7H13NO2.C2H7BO2.CH5N/c8-4-5-1-2-6(3-5)7(9)10;1-2-3(4)5;1-2/h5-6H,1-4,8H2,(H,9,10);4-5H,2H2,1H3;2H2,1H3/t5-,6+;;/m1../s1. The van der Waals surface area contributed by atoms with Crippen molar-refractivity contribution in [3.05, 3.63) is 0 Å². The largest absolute Gasteiger partial charge is 0.481 e. The predicted molar refractivity (Wildman–Crippen MR) is 68.3 cm³/mol. The summed E-state index contributed by atoms with van der Waals surface area (Å²) in [5, 5.41) is 24.4. The highest BCUT2D eigenvalue weighted by atomic mass is 16.4. The first-order valence-electron chi connectivity index (χ1n) is 5.87. The Hall–Kier alpha value is -0.625. The molecule has 7 N–H and O–H groups in total. The van der Waals surface area contributed by atoms with Crippen LogP contribution in [0.3, 0.4) is 0 Å². The molecule has 0 aromatic carbocycles. The van der Waals surface area contributed by atoms with Crippen LogP contribution in [-0.2, 0) is 4.79 Å². The SMILES string of the molecule is CCB(O)O.CN.NC[C@@H]1CC[C@H](C(=O)O)C1. The van der Waals surface area contributed by atoms with Crippen molar-refractivity contribution in [3.8, 4) is 0 Å². The molecule has 0 amide bonds. The van der Waals surface area contributed by atoms with Crippen LogP contribution >= 0.6 is 0 Å². The van der Waals surface area contributed by atoms with Crippen LogP contribution in [0.1, 0.15) is 26.2 Å². The van der Waals surface area contributed by atoms with Crippen molar-refractivity contribution in [1.29, 1.82) is 0 Å². The van der Waals surface area contributed by atoms with Crippen LogP contribution in [-0.4, -0.2) is 41.8 Å². The van der Waals surface area contributed by atoms with Crippen LogP contribution < -0.4 is 11.5 Å². The summed E-state index contributed by atoms with van der Waals surface area (Å²) in [7, 11) is 0.384. The molecule has 0 bridgehead atoms. The Morgan fingerprint density at radius 1 is 1.35 bits per heavy atom. The van der Waals surface area contributed by atoms with E-state index in [0.717, 1.165) is 19.3 Å². The van der Waals surface area contributed by atoms with E-state index in [1.54, 1.807) is 6.92 Å². The second kappa shape index (κ2) is 11.8. The molecular weight excluding hydrogens is 223 g/mol. The molecule has 17 heavy (non-hydrogen) atoms. The first-order valence-corrected chi connectivity index (χ1v) is 5.87. The fourth-order valence-electron chi connectivity index (χ4n) is 1.51. The molecule has 0 aliphatic heterocycles. The summed E-state index contributed by atoms with van der Waals surface area (Å²) in [4.78, 5) is 10.4. The van der Waals surface area contributed by atoms with Gasteiger partial charge < -0.3 is 26.6 Å². The monoisotopic (exact) mass is 248 g/mol. The van der Waals surface area contributed by atoms with Crippen molar-refractivity contribution in [1.82, 2.24) is 0 Å². The molecule has 0 spiro atoms. The number of hydrogen-bond acceptors (Lipinski definition) is 5. The van der Waals surface area contributed by atoms with Crippen LogP contribution in [0.2, 0.25) is 6.32 Å². The normalized spacial score (nSPS) is 21.8. The lowest BCUT2D eigenvalue weighted by Crippen LogP contribution is -2.13. The number of carboxylic acid groups (broad SMARTS) is 1. The summed E-state index contributed by atoms with van der Waals surface area (Å²) in [5.41, 5.74) is 9.90. The van der Waals surface area contributed by atoms with Gasteiger partial charge in [-0.3, -0.25) is 4.79 Å². The van der Waals surface area contributed by atoms with Gasteiger partial charge in [-0.25, -0.2) is 0 Å². The molecule has 2 atom stereocenters. The van der Waals surface area contributed by atoms with E-state index >= 15 is 0 Å². The minimum atomic E-state index is -1.12. The topological polar surface area (TPSA) is 130 Å². The molecule has 0 aromatic heterocycles. The van der Waals surface area contributed by atoms with Crippen molar-refractivity contribution >= 4 is 13.1 Å². The van der Waals surface area contributed by atoms with E-state index < -0.39 is 13.1 Å². The summed E-state index contributed by atoms with van der Waals surface area (Å²) >= 11 is 0. The lowest BCUT2D eigenvalue weighted by atomic mass is 9.88. The number of rotatable bonds is 3. The van der Waals surface area contributed by atoms with E-state index in [1.165, 1.54) is 7.05 Å². The lowest BCUT2D eigenvalue weighted by molar-refractivity contribution is -0.141. The van der Waals surface area contributed by atoms with Crippen molar-refractivity contribution < 1.29 is 19.9 Å². The highest BCUT2D eigenvalue weighted by molar-refractivity contribution is 6.40. The van der Waals surface area contributed by atoms with E-state index in [-0.39, 0.29) is 5.92 Å². The summed E-state index contributed by atoms with van der Waals surface area (Å²) in [5.74, 6) is -0.314. The third-order valence-corrected chi connectivity index (χ3v) is 2.59. The Labute approximate surface area is 103 Å². The number of nitrogens with two attached hydrogens (primary N) is 2. The molecule has 0 aromatic rings. The lowest BCUT2D eigenvalue weighted by Gasteiger charge is -2.03. The maximum atomic E-state index is 10.4. The Morgan fingerprint density at radius 2 is 1.82 bits per heavy atom. The minimum Gasteiger partial charge on any atom is -0.481 e. The van der Waals surface area contributed by atoms with Gasteiger partial charge in [-0.1, -0.05) is 6.92 Å². The minimum absolute atomic E-state index is 0.117. The highest BCUT2D eigenvalue weighted by Gasteiger charge is 2.28. The Kier molecular flexibility index (Phi) is 13.1. The molecule has 7 heteroatoms. The zero-order chi connectivity index (χ0) is 13.8. The molecule has 102 valence electrons. The van der Waals surface area contributed by atoms with Gasteiger partial charge in [-0.15, -0.1) is 0 Å². The molecule has 1 rings (SSSR count). The van der Waals surface area contributed by atoms with E-state index in [4.69, 9.17) is 20.9 Å². The Balaban J connectivity index is 0. The van der Waals surface area contributed by atoms with Crippen molar-refractivity contribution in [2.24, 2.45) is 23.3 Å². The molecule has 0 saturated heterocycles. The van der Waals surface area contributed by atoms with Crippen LogP contribution in [0.25, 0.3) is 0 Å². The zero-order valence-corrected chi connectivity index (χ0v) is 10.7. The van der Waals surface area contributed by atoms with Gasteiger partial charge in [0.2, 0.25) is 0 Å². The van der Waals surface area contributed by atoms with Gasteiger partial charge in [-0.05, 0) is 45.1 Å². The van der Waals surface area contributed by atoms with Crippen LogP contribution in [0.4, 0.5) is 0 Å². The Morgan fingerprint density at radius 3 is 2.00 bits per heavy atom. The molecule has 1 fully saturated rings. The maximum Gasteiger partial charge on any atom is 0.451 e. The molecule has 0 heterocycles. The van der Waals surface area contributed by atoms with Crippen LogP contribution in [0.5, 0.6) is 0 Å². The van der Waals surface area contributed by atoms with E-state index in [1.807, 2.05) is 0 Å². The maximum absolute atomic E-state index is 10.4. The van der Waals surface area contributed by atoms with Crippen LogP contribution in [0, 0.1) is 11.8 Å². The third-order valence-electron chi connectivity index (χ3n) is 2.59. The van der Waals surface area contributed by atoms with Crippen molar-refractivity contribution in [2.75, 3.05) is 13.6 Å². The second-order valence-corrected chi connectivity index (χ2v) is 3.84. The molecule has 0 unspecified atom stereocenters. The number of aliphatic carboxylic acids is 1. The van der Waals surface area contributed by atoms with E-state index in [2.05, 4.69) is 5.73 Å². The quantitative estimate of drug-likeness (QED) is 0.428. The molecule has 1 saturated carbocycles. The molecule has 1 aliphatic carbocycles. The summed E-state index contributed by atoms with van der Waals surface area (Å²) in [6.07, 6.45) is 3.01. The first-order chi connectivity index (χ1) is 8.01. The fraction of sp³-hybridized carbons (Fsp3) is 0.900. The van der Waals surface area contributed by atoms with Crippen molar-refractivity contribution in [2.45, 2.75) is 32.5 Å².